The second-order valence-corrected chi connectivity index (χ2v) is 4.71. The number of carbonyl (C=O) groups is 2. The first-order chi connectivity index (χ1) is 9.54. The summed E-state index contributed by atoms with van der Waals surface area (Å²) in [6, 6.07) is 4.58. The maximum atomic E-state index is 14.0. The summed E-state index contributed by atoms with van der Waals surface area (Å²) in [5.41, 5.74) is 0.729. The summed E-state index contributed by atoms with van der Waals surface area (Å²) in [6.45, 7) is 3.98. The highest BCUT2D eigenvalue weighted by Crippen LogP contribution is 2.24. The summed E-state index contributed by atoms with van der Waals surface area (Å²) < 4.78 is 15.5. The van der Waals surface area contributed by atoms with E-state index in [0.717, 1.165) is 6.42 Å². The van der Waals surface area contributed by atoms with Crippen molar-refractivity contribution in [1.82, 2.24) is 9.88 Å². The number of amides is 1. The lowest BCUT2D eigenvalue weighted by Crippen LogP contribution is -2.27. The second-order valence-electron chi connectivity index (χ2n) is 4.71. The molecule has 2 aromatic rings. The van der Waals surface area contributed by atoms with E-state index in [-0.39, 0.29) is 18.2 Å². The lowest BCUT2D eigenvalue weighted by molar-refractivity contribution is -0.121. The van der Waals surface area contributed by atoms with E-state index < -0.39 is 5.82 Å². The summed E-state index contributed by atoms with van der Waals surface area (Å²) in [6.07, 6.45) is 2.38. The van der Waals surface area contributed by atoms with Gasteiger partial charge in [0.2, 0.25) is 5.91 Å². The number of hydrogen-bond acceptors (Lipinski definition) is 2. The predicted octanol–water partition coefficient (Wildman–Crippen LogP) is 2.51. The number of halogens is 1. The van der Waals surface area contributed by atoms with Crippen molar-refractivity contribution in [2.24, 2.45) is 0 Å². The van der Waals surface area contributed by atoms with E-state index in [4.69, 9.17) is 0 Å². The topological polar surface area (TPSA) is 51.1 Å². The molecule has 1 aromatic carbocycles. The fraction of sp³-hybridized carbons (Fsp3) is 0.333. The van der Waals surface area contributed by atoms with Crippen LogP contribution in [0.15, 0.2) is 24.4 Å². The fourth-order valence-corrected chi connectivity index (χ4v) is 2.19. The molecule has 20 heavy (non-hydrogen) atoms. The number of benzene rings is 1. The van der Waals surface area contributed by atoms with Crippen molar-refractivity contribution in [3.8, 4) is 0 Å². The van der Waals surface area contributed by atoms with Gasteiger partial charge in [0.25, 0.3) is 0 Å². The molecule has 0 fully saturated rings. The van der Waals surface area contributed by atoms with Crippen LogP contribution in [-0.2, 0) is 11.3 Å². The lowest BCUT2D eigenvalue weighted by Gasteiger charge is -2.06. The third-order valence-corrected chi connectivity index (χ3v) is 3.11. The van der Waals surface area contributed by atoms with Crippen LogP contribution in [0.3, 0.4) is 0 Å². The summed E-state index contributed by atoms with van der Waals surface area (Å²) in [7, 11) is 0. The van der Waals surface area contributed by atoms with Crippen molar-refractivity contribution >= 4 is 22.6 Å². The van der Waals surface area contributed by atoms with Gasteiger partial charge in [0.05, 0.1) is 5.52 Å². The normalized spacial score (nSPS) is 10.8. The van der Waals surface area contributed by atoms with E-state index >= 15 is 0 Å². The van der Waals surface area contributed by atoms with Gasteiger partial charge in [-0.1, -0.05) is 19.1 Å². The number of ketones is 1. The minimum absolute atomic E-state index is 0.00468. The Kier molecular flexibility index (Phi) is 4.17. The summed E-state index contributed by atoms with van der Waals surface area (Å²) in [5, 5.41) is 3.28. The van der Waals surface area contributed by atoms with Crippen LogP contribution in [0.1, 0.15) is 30.6 Å². The lowest BCUT2D eigenvalue weighted by atomic mass is 10.1. The molecule has 1 amide bonds. The predicted molar refractivity (Wildman–Crippen MR) is 75.2 cm³/mol. The van der Waals surface area contributed by atoms with Gasteiger partial charge in [-0.15, -0.1) is 0 Å². The molecule has 0 spiro atoms. The highest BCUT2D eigenvalue weighted by molar-refractivity contribution is 6.07. The number of rotatable bonds is 5. The third-order valence-electron chi connectivity index (χ3n) is 3.11. The van der Waals surface area contributed by atoms with Crippen molar-refractivity contribution in [3.05, 3.63) is 35.8 Å². The van der Waals surface area contributed by atoms with E-state index in [1.54, 1.807) is 18.3 Å². The maximum absolute atomic E-state index is 14.0. The maximum Gasteiger partial charge on any atom is 0.239 e. The largest absolute Gasteiger partial charge is 0.355 e. The van der Waals surface area contributed by atoms with Crippen LogP contribution < -0.4 is 5.32 Å². The molecular formula is C15H17FN2O2. The molecule has 5 heteroatoms. The van der Waals surface area contributed by atoms with E-state index in [9.17, 15) is 14.0 Å². The molecule has 0 aliphatic carbocycles. The molecule has 0 aliphatic rings. The molecule has 0 aliphatic heterocycles. The number of nitrogens with zero attached hydrogens (tertiary/aromatic N) is 1. The molecule has 0 unspecified atom stereocenters. The Bertz CT molecular complexity index is 661. The van der Waals surface area contributed by atoms with E-state index in [1.807, 2.05) is 6.92 Å². The Hall–Kier alpha value is -2.17. The number of nitrogens with one attached hydrogen (secondary N) is 1. The van der Waals surface area contributed by atoms with E-state index in [2.05, 4.69) is 5.32 Å². The van der Waals surface area contributed by atoms with Gasteiger partial charge in [-0.05, 0) is 19.4 Å². The average Bonchev–Trinajstić information content (AvgIpc) is 2.77. The smallest absolute Gasteiger partial charge is 0.239 e. The molecule has 2 rings (SSSR count). The molecule has 0 atom stereocenters. The van der Waals surface area contributed by atoms with E-state index in [1.165, 1.54) is 17.6 Å². The van der Waals surface area contributed by atoms with Crippen molar-refractivity contribution in [1.29, 1.82) is 0 Å². The summed E-state index contributed by atoms with van der Waals surface area (Å²) in [4.78, 5) is 23.4. The Morgan fingerprint density at radius 3 is 2.75 bits per heavy atom. The molecule has 1 heterocycles. The molecule has 0 saturated heterocycles. The average molecular weight is 276 g/mol. The Labute approximate surface area is 116 Å². The molecule has 0 bridgehead atoms. The zero-order valence-electron chi connectivity index (χ0n) is 11.6. The number of hydrogen-bond donors (Lipinski definition) is 1. The second kappa shape index (κ2) is 5.86. The number of carbonyl (C=O) groups excluding carboxylic acids is 2. The first-order valence-corrected chi connectivity index (χ1v) is 6.59. The van der Waals surface area contributed by atoms with E-state index in [0.29, 0.717) is 23.0 Å². The number of para-hydroxylation sites is 1. The van der Waals surface area contributed by atoms with Crippen molar-refractivity contribution in [2.75, 3.05) is 6.54 Å². The van der Waals surface area contributed by atoms with Crippen LogP contribution in [0.4, 0.5) is 4.39 Å². The molecule has 4 nitrogen and oxygen atoms in total. The first kappa shape index (κ1) is 14.2. The molecule has 0 radical (unpaired) electrons. The number of Topliss-reactive ketones (excluding diaryl/α,β-unsaturated/α-hetero) is 1. The highest BCUT2D eigenvalue weighted by atomic mass is 19.1. The Morgan fingerprint density at radius 2 is 2.10 bits per heavy atom. The van der Waals surface area contributed by atoms with Crippen LogP contribution in [0.5, 0.6) is 0 Å². The minimum Gasteiger partial charge on any atom is -0.355 e. The van der Waals surface area contributed by atoms with Gasteiger partial charge in [0, 0.05) is 23.7 Å². The van der Waals surface area contributed by atoms with Gasteiger partial charge in [-0.25, -0.2) is 4.39 Å². The van der Waals surface area contributed by atoms with Gasteiger partial charge >= 0.3 is 0 Å². The van der Waals surface area contributed by atoms with Gasteiger partial charge in [0.15, 0.2) is 5.78 Å². The quantitative estimate of drug-likeness (QED) is 0.853. The fourth-order valence-electron chi connectivity index (χ4n) is 2.19. The zero-order chi connectivity index (χ0) is 14.7. The SMILES string of the molecule is CCCNC(=O)Cn1cc(C(C)=O)c2cccc(F)c21. The third kappa shape index (κ3) is 2.71. The van der Waals surface area contributed by atoms with Crippen LogP contribution in [0.2, 0.25) is 0 Å². The van der Waals surface area contributed by atoms with Crippen molar-refractivity contribution in [2.45, 2.75) is 26.8 Å². The van der Waals surface area contributed by atoms with Crippen LogP contribution >= 0.6 is 0 Å². The van der Waals surface area contributed by atoms with Gasteiger partial charge in [-0.3, -0.25) is 9.59 Å². The Balaban J connectivity index is 2.43. The highest BCUT2D eigenvalue weighted by Gasteiger charge is 2.16. The number of aromatic nitrogens is 1. The molecule has 1 aromatic heterocycles. The van der Waals surface area contributed by atoms with Gasteiger partial charge < -0.3 is 9.88 Å². The van der Waals surface area contributed by atoms with Crippen molar-refractivity contribution in [3.63, 3.8) is 0 Å². The molecular weight excluding hydrogens is 259 g/mol. The van der Waals surface area contributed by atoms with Gasteiger partial charge in [-0.2, -0.15) is 0 Å². The van der Waals surface area contributed by atoms with Crippen molar-refractivity contribution < 1.29 is 14.0 Å². The standard InChI is InChI=1S/C15H17FN2O2/c1-3-7-17-14(20)9-18-8-12(10(2)19)11-5-4-6-13(16)15(11)18/h4-6,8H,3,7,9H2,1-2H3,(H,17,20). The summed E-state index contributed by atoms with van der Waals surface area (Å²) >= 11 is 0. The van der Waals surface area contributed by atoms with Gasteiger partial charge in [0.1, 0.15) is 12.4 Å². The first-order valence-electron chi connectivity index (χ1n) is 6.59. The molecule has 0 saturated carbocycles. The number of fused-ring (bicyclic) bond motifs is 1. The van der Waals surface area contributed by atoms with Crippen LogP contribution in [0.25, 0.3) is 10.9 Å². The monoisotopic (exact) mass is 276 g/mol. The zero-order valence-corrected chi connectivity index (χ0v) is 11.6. The summed E-state index contributed by atoms with van der Waals surface area (Å²) in [5.74, 6) is -0.770. The van der Waals surface area contributed by atoms with Crippen LogP contribution in [0, 0.1) is 5.82 Å². The molecule has 106 valence electrons. The Morgan fingerprint density at radius 1 is 1.35 bits per heavy atom. The minimum atomic E-state index is -0.432. The molecule has 1 N–H and O–H groups in total. The van der Waals surface area contributed by atoms with Crippen LogP contribution in [-0.4, -0.2) is 22.8 Å².